The highest BCUT2D eigenvalue weighted by Gasteiger charge is 2.08. The van der Waals surface area contributed by atoms with Gasteiger partial charge in [0.2, 0.25) is 0 Å². The quantitative estimate of drug-likeness (QED) is 0.877. The van der Waals surface area contributed by atoms with Crippen molar-refractivity contribution in [1.82, 2.24) is 4.90 Å². The smallest absolute Gasteiger partial charge is 0.123 e. The molecule has 0 radical (unpaired) electrons. The molecule has 2 rings (SSSR count). The maximum atomic E-state index is 12.8. The van der Waals surface area contributed by atoms with E-state index in [4.69, 9.17) is 5.73 Å². The fraction of sp³-hybridized carbons (Fsp3) is 0.333. The first-order chi connectivity index (χ1) is 9.15. The van der Waals surface area contributed by atoms with E-state index in [2.05, 4.69) is 29.5 Å². The summed E-state index contributed by atoms with van der Waals surface area (Å²) in [6, 6.07) is 10.6. The van der Waals surface area contributed by atoms with Crippen LogP contribution in [-0.2, 0) is 6.54 Å². The maximum Gasteiger partial charge on any atom is 0.123 e. The van der Waals surface area contributed by atoms with Gasteiger partial charge in [-0.25, -0.2) is 4.39 Å². The minimum Gasteiger partial charge on any atom is -0.324 e. The van der Waals surface area contributed by atoms with E-state index in [0.29, 0.717) is 0 Å². The Balaban J connectivity index is 1.79. The van der Waals surface area contributed by atoms with Crippen LogP contribution in [-0.4, -0.2) is 18.5 Å². The number of halogens is 1. The molecule has 102 valence electrons. The number of hydrogen-bond acceptors (Lipinski definition) is 3. The van der Waals surface area contributed by atoms with Crippen LogP contribution in [0.4, 0.5) is 4.39 Å². The van der Waals surface area contributed by atoms with E-state index in [0.717, 1.165) is 25.1 Å². The highest BCUT2D eigenvalue weighted by atomic mass is 32.1. The summed E-state index contributed by atoms with van der Waals surface area (Å²) in [6.45, 7) is 1.88. The van der Waals surface area contributed by atoms with Crippen molar-refractivity contribution in [1.29, 1.82) is 0 Å². The summed E-state index contributed by atoms with van der Waals surface area (Å²) >= 11 is 1.77. The molecule has 0 saturated carbocycles. The molecule has 1 heterocycles. The largest absolute Gasteiger partial charge is 0.324 e. The van der Waals surface area contributed by atoms with Crippen LogP contribution < -0.4 is 5.73 Å². The van der Waals surface area contributed by atoms with E-state index in [9.17, 15) is 4.39 Å². The molecule has 0 fully saturated rings. The highest BCUT2D eigenvalue weighted by Crippen LogP contribution is 2.16. The molecule has 0 amide bonds. The number of nitrogens with zero attached hydrogens (tertiary/aromatic N) is 1. The van der Waals surface area contributed by atoms with Crippen molar-refractivity contribution in [3.05, 3.63) is 58.0 Å². The summed E-state index contributed by atoms with van der Waals surface area (Å²) in [5.74, 6) is -0.217. The average molecular weight is 278 g/mol. The van der Waals surface area contributed by atoms with Crippen molar-refractivity contribution in [3.8, 4) is 0 Å². The SMILES string of the molecule is CN(CCC(N)c1ccc(F)cc1)Cc1cccs1. The van der Waals surface area contributed by atoms with Gasteiger partial charge in [0.05, 0.1) is 0 Å². The zero-order valence-corrected chi connectivity index (χ0v) is 11.9. The van der Waals surface area contributed by atoms with E-state index in [1.807, 2.05) is 0 Å². The van der Waals surface area contributed by atoms with Gasteiger partial charge < -0.3 is 10.6 Å². The topological polar surface area (TPSA) is 29.3 Å². The molecule has 0 aliphatic rings. The Morgan fingerprint density at radius 3 is 2.63 bits per heavy atom. The predicted molar refractivity (Wildman–Crippen MR) is 78.6 cm³/mol. The summed E-state index contributed by atoms with van der Waals surface area (Å²) in [4.78, 5) is 3.62. The monoisotopic (exact) mass is 278 g/mol. The summed E-state index contributed by atoms with van der Waals surface area (Å²) in [7, 11) is 2.09. The van der Waals surface area contributed by atoms with Crippen LogP contribution in [0.15, 0.2) is 41.8 Å². The van der Waals surface area contributed by atoms with Gasteiger partial charge >= 0.3 is 0 Å². The van der Waals surface area contributed by atoms with Gasteiger partial charge in [-0.05, 0) is 42.6 Å². The molecule has 1 unspecified atom stereocenters. The molecule has 1 aromatic heterocycles. The Bertz CT molecular complexity index is 481. The lowest BCUT2D eigenvalue weighted by molar-refractivity contribution is 0.314. The van der Waals surface area contributed by atoms with Gasteiger partial charge in [0.15, 0.2) is 0 Å². The van der Waals surface area contributed by atoms with Crippen molar-refractivity contribution in [2.24, 2.45) is 5.73 Å². The summed E-state index contributed by atoms with van der Waals surface area (Å²) in [5, 5.41) is 2.09. The molecule has 1 aromatic carbocycles. The van der Waals surface area contributed by atoms with Crippen LogP contribution >= 0.6 is 11.3 Å². The normalized spacial score (nSPS) is 12.8. The molecule has 2 N–H and O–H groups in total. The molecular weight excluding hydrogens is 259 g/mol. The molecule has 0 spiro atoms. The van der Waals surface area contributed by atoms with Gasteiger partial charge in [0, 0.05) is 24.0 Å². The average Bonchev–Trinajstić information content (AvgIpc) is 2.89. The van der Waals surface area contributed by atoms with Crippen LogP contribution in [0.25, 0.3) is 0 Å². The van der Waals surface area contributed by atoms with Crippen molar-refractivity contribution in [2.45, 2.75) is 19.0 Å². The standard InChI is InChI=1S/C15H19FN2S/c1-18(11-14-3-2-10-19-14)9-8-15(17)12-4-6-13(16)7-5-12/h2-7,10,15H,8-9,11,17H2,1H3. The van der Waals surface area contributed by atoms with Gasteiger partial charge in [0.25, 0.3) is 0 Å². The molecular formula is C15H19FN2S. The third-order valence-electron chi connectivity index (χ3n) is 3.13. The van der Waals surface area contributed by atoms with E-state index < -0.39 is 0 Å². The van der Waals surface area contributed by atoms with Gasteiger partial charge in [-0.3, -0.25) is 0 Å². The van der Waals surface area contributed by atoms with Crippen LogP contribution in [0.5, 0.6) is 0 Å². The zero-order valence-electron chi connectivity index (χ0n) is 11.1. The molecule has 19 heavy (non-hydrogen) atoms. The Hall–Kier alpha value is -1.23. The molecule has 0 saturated heterocycles. The molecule has 1 atom stereocenters. The van der Waals surface area contributed by atoms with Crippen molar-refractivity contribution >= 4 is 11.3 Å². The molecule has 0 bridgehead atoms. The Morgan fingerprint density at radius 2 is 2.00 bits per heavy atom. The predicted octanol–water partition coefficient (Wildman–Crippen LogP) is 3.41. The van der Waals surface area contributed by atoms with Crippen molar-refractivity contribution < 1.29 is 4.39 Å². The molecule has 2 nitrogen and oxygen atoms in total. The first kappa shape index (κ1) is 14.2. The number of benzene rings is 1. The van der Waals surface area contributed by atoms with Gasteiger partial charge in [-0.2, -0.15) is 0 Å². The zero-order chi connectivity index (χ0) is 13.7. The fourth-order valence-corrected chi connectivity index (χ4v) is 2.77. The Morgan fingerprint density at radius 1 is 1.26 bits per heavy atom. The molecule has 2 aromatic rings. The number of thiophene rings is 1. The van der Waals surface area contributed by atoms with Crippen molar-refractivity contribution in [2.75, 3.05) is 13.6 Å². The fourth-order valence-electron chi connectivity index (χ4n) is 1.98. The van der Waals surface area contributed by atoms with Gasteiger partial charge in [-0.15, -0.1) is 11.3 Å². The van der Waals surface area contributed by atoms with E-state index in [1.165, 1.54) is 17.0 Å². The number of nitrogens with two attached hydrogens (primary N) is 1. The third-order valence-corrected chi connectivity index (χ3v) is 3.99. The first-order valence-corrected chi connectivity index (χ1v) is 7.25. The van der Waals surface area contributed by atoms with Crippen LogP contribution in [0.3, 0.4) is 0 Å². The lowest BCUT2D eigenvalue weighted by Crippen LogP contribution is -2.23. The van der Waals surface area contributed by atoms with Gasteiger partial charge in [-0.1, -0.05) is 18.2 Å². The maximum absolute atomic E-state index is 12.8. The number of hydrogen-bond donors (Lipinski definition) is 1. The van der Waals surface area contributed by atoms with Crippen LogP contribution in [0, 0.1) is 5.82 Å². The van der Waals surface area contributed by atoms with E-state index in [1.54, 1.807) is 23.5 Å². The van der Waals surface area contributed by atoms with Crippen LogP contribution in [0.1, 0.15) is 22.9 Å². The summed E-state index contributed by atoms with van der Waals surface area (Å²) < 4.78 is 12.8. The summed E-state index contributed by atoms with van der Waals surface area (Å²) in [5.41, 5.74) is 7.11. The molecule has 0 aliphatic heterocycles. The van der Waals surface area contributed by atoms with Crippen molar-refractivity contribution in [3.63, 3.8) is 0 Å². The minimum absolute atomic E-state index is 0.0358. The van der Waals surface area contributed by atoms with Gasteiger partial charge in [0.1, 0.15) is 5.82 Å². The summed E-state index contributed by atoms with van der Waals surface area (Å²) in [6.07, 6.45) is 0.869. The van der Waals surface area contributed by atoms with Crippen LogP contribution in [0.2, 0.25) is 0 Å². The lowest BCUT2D eigenvalue weighted by atomic mass is 10.0. The highest BCUT2D eigenvalue weighted by molar-refractivity contribution is 7.09. The van der Waals surface area contributed by atoms with E-state index >= 15 is 0 Å². The first-order valence-electron chi connectivity index (χ1n) is 6.37. The molecule has 4 heteroatoms. The Labute approximate surface area is 117 Å². The number of rotatable bonds is 6. The second kappa shape index (κ2) is 6.80. The third kappa shape index (κ3) is 4.42. The second-order valence-corrected chi connectivity index (χ2v) is 5.80. The Kier molecular flexibility index (Phi) is 5.07. The van der Waals surface area contributed by atoms with E-state index in [-0.39, 0.29) is 11.9 Å². The minimum atomic E-state index is -0.217. The molecule has 0 aliphatic carbocycles. The lowest BCUT2D eigenvalue weighted by Gasteiger charge is -2.19. The second-order valence-electron chi connectivity index (χ2n) is 4.76.